The predicted octanol–water partition coefficient (Wildman–Crippen LogP) is 3.36. The number of hydrogen-bond acceptors (Lipinski definition) is 2. The van der Waals surface area contributed by atoms with Crippen molar-refractivity contribution in [1.29, 1.82) is 0 Å². The summed E-state index contributed by atoms with van der Waals surface area (Å²) in [6.45, 7) is 5.39. The Morgan fingerprint density at radius 1 is 1.35 bits per heavy atom. The summed E-state index contributed by atoms with van der Waals surface area (Å²) in [5, 5.41) is 6.05. The van der Waals surface area contributed by atoms with Crippen LogP contribution in [0.1, 0.15) is 38.8 Å². The molecule has 1 aliphatic carbocycles. The Bertz CT molecular complexity index is 587. The second-order valence-electron chi connectivity index (χ2n) is 6.33. The molecule has 3 heteroatoms. The largest absolute Gasteiger partial charge is 0.327 e. The number of nitrogens with two attached hydrogens (primary N) is 1. The van der Waals surface area contributed by atoms with Crippen molar-refractivity contribution in [2.24, 2.45) is 17.6 Å². The predicted molar refractivity (Wildman–Crippen MR) is 83.6 cm³/mol. The summed E-state index contributed by atoms with van der Waals surface area (Å²) in [7, 11) is 0. The van der Waals surface area contributed by atoms with E-state index in [1.165, 1.54) is 35.9 Å². The Morgan fingerprint density at radius 2 is 2.15 bits per heavy atom. The zero-order valence-electron chi connectivity index (χ0n) is 12.5. The van der Waals surface area contributed by atoms with Gasteiger partial charge in [-0.3, -0.25) is 4.68 Å². The highest BCUT2D eigenvalue weighted by Crippen LogP contribution is 2.33. The monoisotopic (exact) mass is 271 g/mol. The van der Waals surface area contributed by atoms with Gasteiger partial charge < -0.3 is 5.73 Å². The van der Waals surface area contributed by atoms with Crippen molar-refractivity contribution in [3.63, 3.8) is 0 Å². The molecule has 20 heavy (non-hydrogen) atoms. The highest BCUT2D eigenvalue weighted by molar-refractivity contribution is 5.82. The normalized spacial score (nSPS) is 24.4. The van der Waals surface area contributed by atoms with Crippen LogP contribution in [0.3, 0.4) is 0 Å². The van der Waals surface area contributed by atoms with E-state index < -0.39 is 0 Å². The molecule has 3 nitrogen and oxygen atoms in total. The van der Waals surface area contributed by atoms with Crippen LogP contribution in [0.5, 0.6) is 0 Å². The van der Waals surface area contributed by atoms with Gasteiger partial charge in [-0.15, -0.1) is 0 Å². The van der Waals surface area contributed by atoms with E-state index in [0.29, 0.717) is 5.92 Å². The van der Waals surface area contributed by atoms with E-state index in [4.69, 9.17) is 10.8 Å². The van der Waals surface area contributed by atoms with Gasteiger partial charge in [0.1, 0.15) is 0 Å². The van der Waals surface area contributed by atoms with E-state index in [1.807, 2.05) is 0 Å². The molecular weight excluding hydrogens is 246 g/mol. The molecule has 1 aromatic carbocycles. The first-order valence-corrected chi connectivity index (χ1v) is 7.89. The third-order valence-corrected chi connectivity index (χ3v) is 4.80. The Kier molecular flexibility index (Phi) is 3.79. The summed E-state index contributed by atoms with van der Waals surface area (Å²) < 4.78 is 2.09. The molecule has 2 N–H and O–H groups in total. The van der Waals surface area contributed by atoms with E-state index in [2.05, 4.69) is 42.8 Å². The molecule has 0 bridgehead atoms. The number of fused-ring (bicyclic) bond motifs is 1. The second-order valence-corrected chi connectivity index (χ2v) is 6.33. The molecule has 1 aromatic heterocycles. The van der Waals surface area contributed by atoms with Gasteiger partial charge in [0.15, 0.2) is 0 Å². The van der Waals surface area contributed by atoms with Crippen molar-refractivity contribution in [2.45, 2.75) is 52.1 Å². The fourth-order valence-electron chi connectivity index (χ4n) is 3.62. The van der Waals surface area contributed by atoms with Crippen LogP contribution in [0.15, 0.2) is 24.3 Å². The van der Waals surface area contributed by atoms with Crippen molar-refractivity contribution >= 4 is 10.9 Å². The lowest BCUT2D eigenvalue weighted by Crippen LogP contribution is -2.31. The number of benzene rings is 1. The maximum Gasteiger partial charge on any atom is 0.0718 e. The van der Waals surface area contributed by atoms with Gasteiger partial charge in [0.25, 0.3) is 0 Å². The van der Waals surface area contributed by atoms with E-state index in [9.17, 15) is 0 Å². The van der Waals surface area contributed by atoms with Gasteiger partial charge in [-0.1, -0.05) is 31.5 Å². The fourth-order valence-corrected chi connectivity index (χ4v) is 3.62. The minimum Gasteiger partial charge on any atom is -0.327 e. The lowest BCUT2D eigenvalue weighted by Gasteiger charge is -2.18. The molecule has 3 atom stereocenters. The quantitative estimate of drug-likeness (QED) is 0.926. The molecule has 1 heterocycles. The second kappa shape index (κ2) is 5.57. The molecule has 0 aliphatic heterocycles. The van der Waals surface area contributed by atoms with Crippen molar-refractivity contribution in [2.75, 3.05) is 0 Å². The summed E-state index contributed by atoms with van der Waals surface area (Å²) in [5.41, 5.74) is 8.87. The van der Waals surface area contributed by atoms with Gasteiger partial charge in [0.2, 0.25) is 0 Å². The van der Waals surface area contributed by atoms with Gasteiger partial charge in [0.05, 0.1) is 11.2 Å². The summed E-state index contributed by atoms with van der Waals surface area (Å²) >= 11 is 0. The van der Waals surface area contributed by atoms with Crippen LogP contribution in [0.2, 0.25) is 0 Å². The molecule has 0 radical (unpaired) electrons. The van der Waals surface area contributed by atoms with Crippen LogP contribution >= 0.6 is 0 Å². The van der Waals surface area contributed by atoms with E-state index >= 15 is 0 Å². The molecule has 2 aromatic rings. The number of aryl methyl sites for hydroxylation is 1. The molecule has 1 aliphatic rings. The smallest absolute Gasteiger partial charge is 0.0718 e. The lowest BCUT2D eigenvalue weighted by atomic mass is 9.93. The third-order valence-electron chi connectivity index (χ3n) is 4.80. The van der Waals surface area contributed by atoms with Crippen molar-refractivity contribution < 1.29 is 0 Å². The average Bonchev–Trinajstić information content (AvgIpc) is 3.03. The van der Waals surface area contributed by atoms with E-state index in [0.717, 1.165) is 18.9 Å². The summed E-state index contributed by atoms with van der Waals surface area (Å²) in [6, 6.07) is 8.75. The van der Waals surface area contributed by atoms with Crippen LogP contribution in [0.4, 0.5) is 0 Å². The van der Waals surface area contributed by atoms with Gasteiger partial charge in [-0.05, 0) is 37.7 Å². The maximum absolute atomic E-state index is 6.47. The molecule has 3 rings (SSSR count). The Balaban J connectivity index is 1.83. The lowest BCUT2D eigenvalue weighted by molar-refractivity contribution is 0.412. The van der Waals surface area contributed by atoms with Crippen molar-refractivity contribution in [3.05, 3.63) is 30.0 Å². The van der Waals surface area contributed by atoms with Crippen LogP contribution < -0.4 is 5.73 Å². The van der Waals surface area contributed by atoms with Gasteiger partial charge in [0, 0.05) is 24.4 Å². The van der Waals surface area contributed by atoms with Crippen LogP contribution in [-0.4, -0.2) is 15.8 Å². The molecule has 0 saturated heterocycles. The number of para-hydroxylation sites is 1. The SMILES string of the molecule is CCn1nc(CC(N)C2CCC(C)C2)c2ccccc21. The minimum absolute atomic E-state index is 0.253. The molecule has 1 fully saturated rings. The Hall–Kier alpha value is -1.35. The average molecular weight is 271 g/mol. The number of nitrogens with zero attached hydrogens (tertiary/aromatic N) is 2. The molecule has 0 spiro atoms. The Labute approximate surface area is 121 Å². The van der Waals surface area contributed by atoms with Crippen LogP contribution in [0.25, 0.3) is 10.9 Å². The maximum atomic E-state index is 6.47. The standard InChI is InChI=1S/C17H25N3/c1-3-20-17-7-5-4-6-14(17)16(19-20)11-15(18)13-9-8-12(2)10-13/h4-7,12-13,15H,3,8-11,18H2,1-2H3. The number of hydrogen-bond donors (Lipinski definition) is 1. The fraction of sp³-hybridized carbons (Fsp3) is 0.588. The number of aromatic nitrogens is 2. The van der Waals surface area contributed by atoms with Crippen molar-refractivity contribution in [1.82, 2.24) is 9.78 Å². The van der Waals surface area contributed by atoms with Crippen LogP contribution in [0, 0.1) is 11.8 Å². The van der Waals surface area contributed by atoms with Gasteiger partial charge >= 0.3 is 0 Å². The highest BCUT2D eigenvalue weighted by atomic mass is 15.3. The third kappa shape index (κ3) is 2.47. The first-order valence-electron chi connectivity index (χ1n) is 7.89. The molecule has 1 saturated carbocycles. The Morgan fingerprint density at radius 3 is 2.85 bits per heavy atom. The first-order chi connectivity index (χ1) is 9.69. The summed E-state index contributed by atoms with van der Waals surface area (Å²) in [6.07, 6.45) is 4.82. The zero-order valence-corrected chi connectivity index (χ0v) is 12.5. The molecule has 0 amide bonds. The molecular formula is C17H25N3. The van der Waals surface area contributed by atoms with Gasteiger partial charge in [-0.25, -0.2) is 0 Å². The summed E-state index contributed by atoms with van der Waals surface area (Å²) in [5.74, 6) is 1.52. The number of rotatable bonds is 4. The van der Waals surface area contributed by atoms with E-state index in [-0.39, 0.29) is 6.04 Å². The highest BCUT2D eigenvalue weighted by Gasteiger charge is 2.27. The topological polar surface area (TPSA) is 43.8 Å². The van der Waals surface area contributed by atoms with Crippen molar-refractivity contribution in [3.8, 4) is 0 Å². The minimum atomic E-state index is 0.253. The van der Waals surface area contributed by atoms with Crippen LogP contribution in [-0.2, 0) is 13.0 Å². The van der Waals surface area contributed by atoms with E-state index in [1.54, 1.807) is 0 Å². The zero-order chi connectivity index (χ0) is 14.1. The molecule has 108 valence electrons. The molecule has 3 unspecified atom stereocenters. The first kappa shape index (κ1) is 13.6. The summed E-state index contributed by atoms with van der Waals surface area (Å²) in [4.78, 5) is 0. The van der Waals surface area contributed by atoms with Gasteiger partial charge in [-0.2, -0.15) is 5.10 Å².